The number of halogens is 1. The molecule has 110 valence electrons. The molecule has 0 aliphatic heterocycles. The lowest BCUT2D eigenvalue weighted by Crippen LogP contribution is -2.34. The Hall–Kier alpha value is -1.10. The lowest BCUT2D eigenvalue weighted by Gasteiger charge is -2.16. The van der Waals surface area contributed by atoms with Gasteiger partial charge in [0, 0.05) is 24.1 Å². The molecule has 5 heteroatoms. The maximum Gasteiger partial charge on any atom is 0.246 e. The zero-order chi connectivity index (χ0) is 14.4. The number of ether oxygens (including phenoxy) is 2. The van der Waals surface area contributed by atoms with Crippen molar-refractivity contribution in [3.63, 3.8) is 0 Å². The molecule has 0 saturated heterocycles. The Morgan fingerprint density at radius 2 is 2.00 bits per heavy atom. The van der Waals surface area contributed by atoms with E-state index in [0.29, 0.717) is 19.8 Å². The van der Waals surface area contributed by atoms with Gasteiger partial charge in [-0.1, -0.05) is 23.7 Å². The number of nitrogens with one attached hydrogen (secondary N) is 1. The first-order valence-corrected chi connectivity index (χ1v) is 7.13. The van der Waals surface area contributed by atoms with Gasteiger partial charge in [0.25, 0.3) is 0 Å². The number of methoxy groups -OCH3 is 1. The summed E-state index contributed by atoms with van der Waals surface area (Å²) in [7, 11) is 1.60. The maximum atomic E-state index is 11.7. The molecule has 1 aromatic carbocycles. The third kappa shape index (κ3) is 4.20. The molecule has 1 aromatic rings. The molecule has 1 N–H and O–H groups in total. The van der Waals surface area contributed by atoms with Crippen molar-refractivity contribution in [3.8, 4) is 0 Å². The lowest BCUT2D eigenvalue weighted by atomic mass is 9.96. The number of hydrogen-bond donors (Lipinski definition) is 1. The first-order chi connectivity index (χ1) is 9.66. The zero-order valence-corrected chi connectivity index (χ0v) is 12.4. The number of carbonyl (C=O) groups is 1. The van der Waals surface area contributed by atoms with Gasteiger partial charge in [0.05, 0.1) is 13.2 Å². The lowest BCUT2D eigenvalue weighted by molar-refractivity contribution is -0.126. The van der Waals surface area contributed by atoms with E-state index in [1.165, 1.54) is 5.56 Å². The second kappa shape index (κ2) is 7.07. The zero-order valence-electron chi connectivity index (χ0n) is 11.7. The Bertz CT molecular complexity index is 443. The van der Waals surface area contributed by atoms with E-state index in [1.807, 2.05) is 24.3 Å². The van der Waals surface area contributed by atoms with Crippen molar-refractivity contribution in [2.24, 2.45) is 0 Å². The summed E-state index contributed by atoms with van der Waals surface area (Å²) in [6.45, 7) is 1.68. The van der Waals surface area contributed by atoms with Gasteiger partial charge in [-0.3, -0.25) is 4.79 Å². The summed E-state index contributed by atoms with van der Waals surface area (Å²) in [5, 5.41) is 3.67. The summed E-state index contributed by atoms with van der Waals surface area (Å²) in [5.74, 6) is -0.0821. The highest BCUT2D eigenvalue weighted by atomic mass is 35.5. The van der Waals surface area contributed by atoms with Gasteiger partial charge in [-0.2, -0.15) is 0 Å². The predicted molar refractivity (Wildman–Crippen MR) is 78.1 cm³/mol. The van der Waals surface area contributed by atoms with Crippen LogP contribution in [0.5, 0.6) is 0 Å². The van der Waals surface area contributed by atoms with Crippen molar-refractivity contribution in [1.29, 1.82) is 0 Å². The van der Waals surface area contributed by atoms with Crippen molar-refractivity contribution < 1.29 is 14.3 Å². The molecule has 20 heavy (non-hydrogen) atoms. The summed E-state index contributed by atoms with van der Waals surface area (Å²) in [6, 6.07) is 7.87. The molecule has 0 heterocycles. The molecule has 0 unspecified atom stereocenters. The summed E-state index contributed by atoms with van der Waals surface area (Å²) in [4.78, 5) is 11.7. The Kier molecular flexibility index (Phi) is 5.40. The van der Waals surface area contributed by atoms with Crippen LogP contribution in [0.2, 0.25) is 5.02 Å². The van der Waals surface area contributed by atoms with Crippen LogP contribution in [0.3, 0.4) is 0 Å². The molecule has 1 aliphatic carbocycles. The molecule has 0 spiro atoms. The van der Waals surface area contributed by atoms with Crippen molar-refractivity contribution >= 4 is 17.5 Å². The minimum atomic E-state index is -0.0821. The quantitative estimate of drug-likeness (QED) is 0.748. The van der Waals surface area contributed by atoms with Crippen LogP contribution in [0.25, 0.3) is 0 Å². The molecule has 0 aromatic heterocycles. The van der Waals surface area contributed by atoms with Gasteiger partial charge < -0.3 is 14.8 Å². The number of carbonyl (C=O) groups excluding carboxylic acids is 1. The average molecular weight is 298 g/mol. The monoisotopic (exact) mass is 297 g/mol. The Labute approximate surface area is 124 Å². The topological polar surface area (TPSA) is 47.6 Å². The van der Waals surface area contributed by atoms with Crippen molar-refractivity contribution in [1.82, 2.24) is 5.32 Å². The van der Waals surface area contributed by atoms with E-state index in [1.54, 1.807) is 7.11 Å². The molecule has 0 radical (unpaired) electrons. The largest absolute Gasteiger partial charge is 0.382 e. The highest BCUT2D eigenvalue weighted by Gasteiger charge is 2.44. The van der Waals surface area contributed by atoms with Crippen LogP contribution < -0.4 is 5.32 Å². The molecular weight excluding hydrogens is 278 g/mol. The Morgan fingerprint density at radius 1 is 1.30 bits per heavy atom. The first kappa shape index (κ1) is 15.3. The fraction of sp³-hybridized carbons (Fsp3) is 0.533. The maximum absolute atomic E-state index is 11.7. The van der Waals surface area contributed by atoms with Gasteiger partial charge in [0.2, 0.25) is 5.91 Å². The van der Waals surface area contributed by atoms with Crippen molar-refractivity contribution in [3.05, 3.63) is 34.9 Å². The molecule has 1 fully saturated rings. The van der Waals surface area contributed by atoms with Gasteiger partial charge >= 0.3 is 0 Å². The summed E-state index contributed by atoms with van der Waals surface area (Å²) in [6.07, 6.45) is 2.19. The highest BCUT2D eigenvalue weighted by Crippen LogP contribution is 2.47. The number of hydrogen-bond acceptors (Lipinski definition) is 3. The summed E-state index contributed by atoms with van der Waals surface area (Å²) in [5.41, 5.74) is 1.33. The second-order valence-electron chi connectivity index (χ2n) is 5.11. The molecule has 0 bridgehead atoms. The van der Waals surface area contributed by atoms with Crippen LogP contribution in [0.15, 0.2) is 24.3 Å². The average Bonchev–Trinajstić information content (AvgIpc) is 3.23. The minimum absolute atomic E-state index is 0.0821. The SMILES string of the molecule is COCCOCC(=O)NCC1(c2ccc(Cl)cc2)CC1. The van der Waals surface area contributed by atoms with E-state index in [9.17, 15) is 4.79 Å². The van der Waals surface area contributed by atoms with Gasteiger partial charge in [-0.05, 0) is 30.5 Å². The Morgan fingerprint density at radius 3 is 2.60 bits per heavy atom. The molecule has 2 rings (SSSR count). The number of rotatable bonds is 8. The molecule has 1 aliphatic rings. The number of amides is 1. The molecule has 0 atom stereocenters. The van der Waals surface area contributed by atoms with E-state index < -0.39 is 0 Å². The van der Waals surface area contributed by atoms with Crippen LogP contribution in [-0.2, 0) is 19.7 Å². The van der Waals surface area contributed by atoms with E-state index >= 15 is 0 Å². The van der Waals surface area contributed by atoms with Crippen molar-refractivity contribution in [2.75, 3.05) is 33.5 Å². The smallest absolute Gasteiger partial charge is 0.246 e. The molecule has 1 amide bonds. The minimum Gasteiger partial charge on any atom is -0.382 e. The third-order valence-electron chi connectivity index (χ3n) is 3.60. The van der Waals surface area contributed by atoms with Crippen molar-refractivity contribution in [2.45, 2.75) is 18.3 Å². The Balaban J connectivity index is 1.76. The van der Waals surface area contributed by atoms with Crippen LogP contribution in [0, 0.1) is 0 Å². The summed E-state index contributed by atoms with van der Waals surface area (Å²) >= 11 is 5.90. The normalized spacial score (nSPS) is 15.9. The second-order valence-corrected chi connectivity index (χ2v) is 5.55. The van der Waals surface area contributed by atoms with Gasteiger partial charge in [0.15, 0.2) is 0 Å². The third-order valence-corrected chi connectivity index (χ3v) is 3.85. The molecule has 1 saturated carbocycles. The van der Waals surface area contributed by atoms with Crippen LogP contribution in [-0.4, -0.2) is 39.4 Å². The van der Waals surface area contributed by atoms with Gasteiger partial charge in [-0.15, -0.1) is 0 Å². The van der Waals surface area contributed by atoms with Crippen LogP contribution >= 0.6 is 11.6 Å². The molecule has 4 nitrogen and oxygen atoms in total. The molecular formula is C15H20ClNO3. The van der Waals surface area contributed by atoms with Gasteiger partial charge in [-0.25, -0.2) is 0 Å². The predicted octanol–water partition coefficient (Wildman–Crippen LogP) is 2.15. The van der Waals surface area contributed by atoms with E-state index in [2.05, 4.69) is 5.32 Å². The van der Waals surface area contributed by atoms with Crippen LogP contribution in [0.1, 0.15) is 18.4 Å². The summed E-state index contributed by atoms with van der Waals surface area (Å²) < 4.78 is 10.0. The fourth-order valence-corrected chi connectivity index (χ4v) is 2.27. The fourth-order valence-electron chi connectivity index (χ4n) is 2.15. The standard InChI is InChI=1S/C15H20ClNO3/c1-19-8-9-20-10-14(18)17-11-15(6-7-15)12-2-4-13(16)5-3-12/h2-5H,6-11H2,1H3,(H,17,18). The van der Waals surface area contributed by atoms with E-state index in [4.69, 9.17) is 21.1 Å². The first-order valence-electron chi connectivity index (χ1n) is 6.76. The highest BCUT2D eigenvalue weighted by molar-refractivity contribution is 6.30. The number of benzene rings is 1. The van der Waals surface area contributed by atoms with Gasteiger partial charge in [0.1, 0.15) is 6.61 Å². The van der Waals surface area contributed by atoms with E-state index in [-0.39, 0.29) is 17.9 Å². The van der Waals surface area contributed by atoms with E-state index in [0.717, 1.165) is 17.9 Å². The van der Waals surface area contributed by atoms with Crippen LogP contribution in [0.4, 0.5) is 0 Å².